The fraction of sp³-hybridized carbons (Fsp3) is 0.500. The van der Waals surface area contributed by atoms with Gasteiger partial charge in [-0.1, -0.05) is 26.8 Å². The maximum Gasteiger partial charge on any atom is 0.235 e. The van der Waals surface area contributed by atoms with Gasteiger partial charge in [0.25, 0.3) is 0 Å². The molecule has 4 rings (SSSR count). The fourth-order valence-corrected chi connectivity index (χ4v) is 4.73. The largest absolute Gasteiger partial charge is 0.386 e. The topological polar surface area (TPSA) is 66.3 Å². The molecule has 1 saturated heterocycles. The summed E-state index contributed by atoms with van der Waals surface area (Å²) in [7, 11) is 0. The molecular weight excluding hydrogens is 376 g/mol. The molecule has 1 fully saturated rings. The van der Waals surface area contributed by atoms with Crippen LogP contribution in [-0.4, -0.2) is 44.8 Å². The highest BCUT2D eigenvalue weighted by atomic mass is 19.1. The molecule has 29 heavy (non-hydrogen) atoms. The van der Waals surface area contributed by atoms with Crippen molar-refractivity contribution in [2.24, 2.45) is 5.41 Å². The number of carbonyl (C=O) groups excluding carboxylic acids is 1. The SMILES string of the molecule is C[C@@H]1c2cc(-c3c(F)cccc3F)nnc2C(C)(C(=O)N2CC(C)(O)C2)C1(C)C. The number of halogens is 2. The van der Waals surface area contributed by atoms with Crippen molar-refractivity contribution in [3.05, 3.63) is 47.2 Å². The van der Waals surface area contributed by atoms with Crippen LogP contribution in [0.5, 0.6) is 0 Å². The lowest BCUT2D eigenvalue weighted by Gasteiger charge is -2.50. The molecule has 1 aliphatic carbocycles. The fourth-order valence-electron chi connectivity index (χ4n) is 4.73. The predicted molar refractivity (Wildman–Crippen MR) is 104 cm³/mol. The van der Waals surface area contributed by atoms with Gasteiger partial charge in [-0.25, -0.2) is 8.78 Å². The number of hydrogen-bond acceptors (Lipinski definition) is 4. The number of likely N-dealkylation sites (tertiary alicyclic amines) is 1. The van der Waals surface area contributed by atoms with E-state index in [1.54, 1.807) is 17.9 Å². The van der Waals surface area contributed by atoms with E-state index in [4.69, 9.17) is 0 Å². The Morgan fingerprint density at radius 2 is 1.72 bits per heavy atom. The first kappa shape index (κ1) is 19.9. The molecule has 0 radical (unpaired) electrons. The second-order valence-corrected chi connectivity index (χ2v) is 9.36. The van der Waals surface area contributed by atoms with E-state index in [-0.39, 0.29) is 36.2 Å². The quantitative estimate of drug-likeness (QED) is 0.838. The number of hydrogen-bond donors (Lipinski definition) is 1. The summed E-state index contributed by atoms with van der Waals surface area (Å²) in [6.45, 7) is 10.1. The van der Waals surface area contributed by atoms with Crippen LogP contribution in [0.2, 0.25) is 0 Å². The molecule has 7 heteroatoms. The molecular formula is C22H25F2N3O2. The highest BCUT2D eigenvalue weighted by Gasteiger charge is 2.61. The molecule has 1 aromatic heterocycles. The monoisotopic (exact) mass is 401 g/mol. The molecule has 1 unspecified atom stereocenters. The van der Waals surface area contributed by atoms with Crippen LogP contribution >= 0.6 is 0 Å². The number of benzene rings is 1. The molecule has 1 aromatic carbocycles. The van der Waals surface area contributed by atoms with Gasteiger partial charge in [-0.2, -0.15) is 5.10 Å². The molecule has 1 amide bonds. The van der Waals surface area contributed by atoms with Crippen molar-refractivity contribution in [3.63, 3.8) is 0 Å². The van der Waals surface area contributed by atoms with Crippen molar-refractivity contribution in [2.75, 3.05) is 13.1 Å². The van der Waals surface area contributed by atoms with E-state index in [9.17, 15) is 18.7 Å². The Kier molecular flexibility index (Phi) is 4.15. The maximum absolute atomic E-state index is 14.3. The number of carbonyl (C=O) groups is 1. The van der Waals surface area contributed by atoms with Crippen LogP contribution in [0.1, 0.15) is 51.8 Å². The molecule has 1 aliphatic heterocycles. The zero-order chi connectivity index (χ0) is 21.4. The Hall–Kier alpha value is -2.41. The minimum Gasteiger partial charge on any atom is -0.386 e. The van der Waals surface area contributed by atoms with E-state index in [2.05, 4.69) is 10.2 Å². The smallest absolute Gasteiger partial charge is 0.235 e. The molecule has 2 aliphatic rings. The molecule has 5 nitrogen and oxygen atoms in total. The maximum atomic E-state index is 14.3. The van der Waals surface area contributed by atoms with Crippen molar-refractivity contribution >= 4 is 5.91 Å². The van der Waals surface area contributed by atoms with E-state index in [0.29, 0.717) is 5.69 Å². The van der Waals surface area contributed by atoms with E-state index in [1.165, 1.54) is 18.2 Å². The third kappa shape index (κ3) is 2.63. The molecule has 0 spiro atoms. The minimum atomic E-state index is -0.961. The second kappa shape index (κ2) is 6.05. The van der Waals surface area contributed by atoms with Gasteiger partial charge in [0.2, 0.25) is 5.91 Å². The minimum absolute atomic E-state index is 0.0858. The summed E-state index contributed by atoms with van der Waals surface area (Å²) in [6.07, 6.45) is 0. The highest BCUT2D eigenvalue weighted by molar-refractivity contribution is 5.91. The number of β-amino-alcohol motifs (C(OH)–C–C–N with tert-alkyl or cyclic N) is 1. The van der Waals surface area contributed by atoms with Crippen molar-refractivity contribution in [1.82, 2.24) is 15.1 Å². The van der Waals surface area contributed by atoms with Gasteiger partial charge in [-0.05, 0) is 48.9 Å². The van der Waals surface area contributed by atoms with E-state index >= 15 is 0 Å². The number of fused-ring (bicyclic) bond motifs is 1. The summed E-state index contributed by atoms with van der Waals surface area (Å²) in [4.78, 5) is 15.1. The first-order valence-corrected chi connectivity index (χ1v) is 9.74. The summed E-state index contributed by atoms with van der Waals surface area (Å²) in [5.41, 5.74) is -1.14. The van der Waals surface area contributed by atoms with Crippen molar-refractivity contribution in [2.45, 2.75) is 51.6 Å². The molecule has 2 heterocycles. The average Bonchev–Trinajstić information content (AvgIpc) is 2.77. The summed E-state index contributed by atoms with van der Waals surface area (Å²) >= 11 is 0. The summed E-state index contributed by atoms with van der Waals surface area (Å²) in [5.74, 6) is -1.60. The lowest BCUT2D eigenvalue weighted by Crippen LogP contribution is -2.66. The Bertz CT molecular complexity index is 993. The van der Waals surface area contributed by atoms with Crippen LogP contribution in [0.25, 0.3) is 11.3 Å². The Balaban J connectivity index is 1.82. The predicted octanol–water partition coefficient (Wildman–Crippen LogP) is 3.42. The molecule has 0 bridgehead atoms. The third-order valence-electron chi connectivity index (χ3n) is 7.13. The van der Waals surface area contributed by atoms with Crippen molar-refractivity contribution in [1.29, 1.82) is 0 Å². The van der Waals surface area contributed by atoms with Gasteiger partial charge < -0.3 is 10.0 Å². The number of aromatic nitrogens is 2. The van der Waals surface area contributed by atoms with Gasteiger partial charge in [-0.3, -0.25) is 4.79 Å². The Labute approximate surface area is 168 Å². The van der Waals surface area contributed by atoms with Gasteiger partial charge in [0.15, 0.2) is 0 Å². The standard InChI is InChI=1S/C22H25F2N3O2/c1-12-13-9-16(17-14(23)7-6-8-15(17)24)25-26-18(13)22(5,20(12,2)3)19(28)27-10-21(4,29)11-27/h6-9,12,29H,10-11H2,1-5H3/t12-,22?/m1/s1. The zero-order valence-corrected chi connectivity index (χ0v) is 17.3. The van der Waals surface area contributed by atoms with Crippen LogP contribution < -0.4 is 0 Å². The van der Waals surface area contributed by atoms with Gasteiger partial charge in [0.05, 0.1) is 41.1 Å². The van der Waals surface area contributed by atoms with E-state index < -0.39 is 28.1 Å². The first-order valence-electron chi connectivity index (χ1n) is 9.74. The van der Waals surface area contributed by atoms with Crippen molar-refractivity contribution in [3.8, 4) is 11.3 Å². The lowest BCUT2D eigenvalue weighted by atomic mass is 9.63. The molecule has 154 valence electrons. The van der Waals surface area contributed by atoms with E-state index in [0.717, 1.165) is 5.56 Å². The summed E-state index contributed by atoms with van der Waals surface area (Å²) in [6, 6.07) is 5.33. The summed E-state index contributed by atoms with van der Waals surface area (Å²) < 4.78 is 28.5. The van der Waals surface area contributed by atoms with Crippen LogP contribution in [0.4, 0.5) is 8.78 Å². The van der Waals surface area contributed by atoms with Crippen molar-refractivity contribution < 1.29 is 18.7 Å². The summed E-state index contributed by atoms with van der Waals surface area (Å²) in [5, 5.41) is 18.5. The first-order chi connectivity index (χ1) is 13.4. The van der Waals surface area contributed by atoms with Crippen LogP contribution in [0.3, 0.4) is 0 Å². The number of amides is 1. The van der Waals surface area contributed by atoms with Gasteiger partial charge in [0, 0.05) is 0 Å². The lowest BCUT2D eigenvalue weighted by molar-refractivity contribution is -0.162. The molecule has 2 atom stereocenters. The third-order valence-corrected chi connectivity index (χ3v) is 7.13. The Morgan fingerprint density at radius 1 is 1.14 bits per heavy atom. The number of nitrogens with zero attached hydrogens (tertiary/aromatic N) is 3. The van der Waals surface area contributed by atoms with Gasteiger partial charge in [-0.15, -0.1) is 5.10 Å². The highest BCUT2D eigenvalue weighted by Crippen LogP contribution is 2.59. The van der Waals surface area contributed by atoms with Crippen LogP contribution in [0.15, 0.2) is 24.3 Å². The van der Waals surface area contributed by atoms with E-state index in [1.807, 2.05) is 27.7 Å². The number of aliphatic hydroxyl groups is 1. The normalized spacial score (nSPS) is 26.8. The van der Waals surface area contributed by atoms with Crippen LogP contribution in [-0.2, 0) is 10.2 Å². The average molecular weight is 401 g/mol. The van der Waals surface area contributed by atoms with Gasteiger partial charge in [0.1, 0.15) is 11.6 Å². The molecule has 0 saturated carbocycles. The Morgan fingerprint density at radius 3 is 2.28 bits per heavy atom. The van der Waals surface area contributed by atoms with Gasteiger partial charge >= 0.3 is 0 Å². The molecule has 1 N–H and O–H groups in total. The number of rotatable bonds is 2. The van der Waals surface area contributed by atoms with Crippen LogP contribution in [0, 0.1) is 17.0 Å². The second-order valence-electron chi connectivity index (χ2n) is 9.36. The molecule has 2 aromatic rings. The zero-order valence-electron chi connectivity index (χ0n) is 17.3.